The molecule has 0 aliphatic rings. The van der Waals surface area contributed by atoms with Gasteiger partial charge in [0.2, 0.25) is 17.7 Å². The summed E-state index contributed by atoms with van der Waals surface area (Å²) in [4.78, 5) is 52.2. The second-order valence-corrected chi connectivity index (χ2v) is 7.09. The number of aliphatic imine (C=N–C) groups is 1. The highest BCUT2D eigenvalue weighted by Gasteiger charge is 2.28. The molecule has 3 amide bonds. The van der Waals surface area contributed by atoms with Gasteiger partial charge >= 0.3 is 5.97 Å². The molecule has 0 radical (unpaired) electrons. The summed E-state index contributed by atoms with van der Waals surface area (Å²) in [5, 5.41) is 16.9. The van der Waals surface area contributed by atoms with Crippen molar-refractivity contribution in [2.45, 2.75) is 44.3 Å². The van der Waals surface area contributed by atoms with E-state index in [9.17, 15) is 24.3 Å². The number of aliphatic carboxylic acids is 1. The van der Waals surface area contributed by atoms with Crippen molar-refractivity contribution in [1.29, 1.82) is 0 Å². The molecule has 0 aromatic heterocycles. The average Bonchev–Trinajstić information content (AvgIpc) is 2.75. The number of carboxylic acids is 1. The van der Waals surface area contributed by atoms with Crippen LogP contribution in [0.1, 0.15) is 25.3 Å². The average molecular weight is 450 g/mol. The predicted octanol–water partition coefficient (Wildman–Crippen LogP) is -2.20. The molecular weight excluding hydrogens is 418 g/mol. The van der Waals surface area contributed by atoms with Crippen LogP contribution in [0.5, 0.6) is 0 Å². The Morgan fingerprint density at radius 3 is 2.19 bits per heavy atom. The number of nitrogens with two attached hydrogens (primary N) is 3. The lowest BCUT2D eigenvalue weighted by Crippen LogP contribution is -2.55. The molecule has 12 nitrogen and oxygen atoms in total. The number of benzene rings is 1. The summed E-state index contributed by atoms with van der Waals surface area (Å²) in [5.41, 5.74) is 16.5. The highest BCUT2D eigenvalue weighted by Crippen LogP contribution is 2.06. The molecule has 0 aliphatic heterocycles. The van der Waals surface area contributed by atoms with E-state index in [2.05, 4.69) is 20.9 Å². The molecule has 0 fully saturated rings. The minimum Gasteiger partial charge on any atom is -0.480 e. The number of rotatable bonds is 13. The van der Waals surface area contributed by atoms with Crippen LogP contribution in [-0.2, 0) is 25.6 Å². The number of carbonyl (C=O) groups excluding carboxylic acids is 3. The van der Waals surface area contributed by atoms with Crippen LogP contribution in [0.15, 0.2) is 35.3 Å². The van der Waals surface area contributed by atoms with Crippen molar-refractivity contribution in [2.24, 2.45) is 22.2 Å². The molecule has 0 saturated heterocycles. The molecule has 32 heavy (non-hydrogen) atoms. The minimum atomic E-state index is -1.21. The van der Waals surface area contributed by atoms with Crippen LogP contribution in [0.3, 0.4) is 0 Å². The normalized spacial score (nSPS) is 13.2. The maximum Gasteiger partial charge on any atom is 0.326 e. The van der Waals surface area contributed by atoms with Gasteiger partial charge in [-0.3, -0.25) is 19.4 Å². The second-order valence-electron chi connectivity index (χ2n) is 7.09. The van der Waals surface area contributed by atoms with Gasteiger partial charge in [-0.2, -0.15) is 0 Å². The molecule has 0 bridgehead atoms. The van der Waals surface area contributed by atoms with Gasteiger partial charge in [-0.25, -0.2) is 4.79 Å². The van der Waals surface area contributed by atoms with E-state index in [1.54, 1.807) is 30.3 Å². The van der Waals surface area contributed by atoms with Crippen LogP contribution in [0.4, 0.5) is 0 Å². The van der Waals surface area contributed by atoms with Crippen LogP contribution in [-0.4, -0.2) is 66.0 Å². The fourth-order valence-corrected chi connectivity index (χ4v) is 2.76. The Labute approximate surface area is 186 Å². The van der Waals surface area contributed by atoms with E-state index in [1.807, 2.05) is 0 Å². The van der Waals surface area contributed by atoms with Crippen LogP contribution >= 0.6 is 0 Å². The van der Waals surface area contributed by atoms with Crippen LogP contribution in [0.25, 0.3) is 0 Å². The minimum absolute atomic E-state index is 0.0690. The molecule has 176 valence electrons. The van der Waals surface area contributed by atoms with Crippen molar-refractivity contribution >= 4 is 29.7 Å². The monoisotopic (exact) mass is 449 g/mol. The van der Waals surface area contributed by atoms with Gasteiger partial charge in [-0.1, -0.05) is 30.3 Å². The number of hydrogen-bond acceptors (Lipinski definition) is 6. The molecular formula is C20H31N7O5. The zero-order valence-corrected chi connectivity index (χ0v) is 17.9. The number of nitrogens with one attached hydrogen (secondary N) is 3. The van der Waals surface area contributed by atoms with E-state index in [0.717, 1.165) is 5.56 Å². The lowest BCUT2D eigenvalue weighted by molar-refractivity contribution is -0.142. The van der Waals surface area contributed by atoms with Crippen molar-refractivity contribution in [2.75, 3.05) is 13.1 Å². The van der Waals surface area contributed by atoms with E-state index < -0.39 is 41.8 Å². The third-order valence-electron chi connectivity index (χ3n) is 4.43. The third-order valence-corrected chi connectivity index (χ3v) is 4.43. The van der Waals surface area contributed by atoms with Crippen LogP contribution in [0.2, 0.25) is 0 Å². The van der Waals surface area contributed by atoms with Gasteiger partial charge in [0, 0.05) is 13.0 Å². The van der Waals surface area contributed by atoms with E-state index >= 15 is 0 Å². The Bertz CT molecular complexity index is 812. The maximum absolute atomic E-state index is 12.8. The fraction of sp³-hybridized carbons (Fsp3) is 0.450. The number of guanidine groups is 1. The zero-order valence-electron chi connectivity index (χ0n) is 17.9. The molecule has 0 aliphatic carbocycles. The quantitative estimate of drug-likeness (QED) is 0.0993. The first-order chi connectivity index (χ1) is 15.1. The predicted molar refractivity (Wildman–Crippen MR) is 118 cm³/mol. The van der Waals surface area contributed by atoms with E-state index in [1.165, 1.54) is 6.92 Å². The molecule has 0 unspecified atom stereocenters. The fourth-order valence-electron chi connectivity index (χ4n) is 2.76. The SMILES string of the molecule is C[C@H](NC(=O)CN)C(=O)N[C@@H](CCCN=C(N)N)C(=O)N[C@@H](Cc1ccccc1)C(=O)O. The highest BCUT2D eigenvalue weighted by atomic mass is 16.4. The summed E-state index contributed by atoms with van der Waals surface area (Å²) in [6, 6.07) is 5.61. The molecule has 1 rings (SSSR count). The second kappa shape index (κ2) is 13.6. The Hall–Kier alpha value is -3.67. The van der Waals surface area contributed by atoms with Crippen LogP contribution in [0, 0.1) is 0 Å². The van der Waals surface area contributed by atoms with E-state index in [0.29, 0.717) is 6.42 Å². The third kappa shape index (κ3) is 9.89. The van der Waals surface area contributed by atoms with Crippen molar-refractivity contribution < 1.29 is 24.3 Å². The lowest BCUT2D eigenvalue weighted by Gasteiger charge is -2.23. The molecule has 12 heteroatoms. The van der Waals surface area contributed by atoms with E-state index in [-0.39, 0.29) is 31.9 Å². The summed E-state index contributed by atoms with van der Waals surface area (Å²) in [7, 11) is 0. The Morgan fingerprint density at radius 1 is 1.00 bits per heavy atom. The number of hydrogen-bond donors (Lipinski definition) is 7. The lowest BCUT2D eigenvalue weighted by atomic mass is 10.0. The Balaban J connectivity index is 2.88. The summed E-state index contributed by atoms with van der Waals surface area (Å²) >= 11 is 0. The van der Waals surface area contributed by atoms with E-state index in [4.69, 9.17) is 17.2 Å². The molecule has 1 aromatic rings. The first kappa shape index (κ1) is 26.4. The number of amides is 3. The van der Waals surface area contributed by atoms with Gasteiger partial charge in [0.15, 0.2) is 5.96 Å². The highest BCUT2D eigenvalue weighted by molar-refractivity contribution is 5.93. The molecule has 0 saturated carbocycles. The standard InChI is InChI=1S/C20H31N7O5/c1-12(25-16(28)11-21)17(29)26-14(8-5-9-24-20(22)23)18(30)27-15(19(31)32)10-13-6-3-2-4-7-13/h2-4,6-7,12,14-15H,5,8-11,21H2,1H3,(H,25,28)(H,26,29)(H,27,30)(H,31,32)(H4,22,23,24)/t12-,14-,15-/m0/s1. The number of nitrogens with zero attached hydrogens (tertiary/aromatic N) is 1. The van der Waals surface area contributed by atoms with Gasteiger partial charge < -0.3 is 38.3 Å². The van der Waals surface area contributed by atoms with Gasteiger partial charge in [-0.05, 0) is 25.3 Å². The summed E-state index contributed by atoms with van der Waals surface area (Å²) in [5.74, 6) is -3.15. The number of carboxylic acid groups (broad SMARTS) is 1. The maximum atomic E-state index is 12.8. The van der Waals surface area contributed by atoms with Crippen molar-refractivity contribution in [3.63, 3.8) is 0 Å². The van der Waals surface area contributed by atoms with Gasteiger partial charge in [0.1, 0.15) is 18.1 Å². The summed E-state index contributed by atoms with van der Waals surface area (Å²) in [6.45, 7) is 1.36. The smallest absolute Gasteiger partial charge is 0.326 e. The first-order valence-electron chi connectivity index (χ1n) is 10.1. The van der Waals surface area contributed by atoms with Crippen molar-refractivity contribution in [3.8, 4) is 0 Å². The van der Waals surface area contributed by atoms with Gasteiger partial charge in [0.05, 0.1) is 6.54 Å². The van der Waals surface area contributed by atoms with Crippen molar-refractivity contribution in [1.82, 2.24) is 16.0 Å². The van der Waals surface area contributed by atoms with Gasteiger partial charge in [0.25, 0.3) is 0 Å². The Kier molecular flexibility index (Phi) is 11.2. The zero-order chi connectivity index (χ0) is 24.1. The molecule has 0 heterocycles. The molecule has 3 atom stereocenters. The molecule has 0 spiro atoms. The summed E-state index contributed by atoms with van der Waals surface area (Å²) in [6.07, 6.45) is 0.555. The van der Waals surface area contributed by atoms with Crippen LogP contribution < -0.4 is 33.2 Å². The molecule has 1 aromatic carbocycles. The first-order valence-corrected chi connectivity index (χ1v) is 10.1. The largest absolute Gasteiger partial charge is 0.480 e. The summed E-state index contributed by atoms with van der Waals surface area (Å²) < 4.78 is 0. The number of carbonyl (C=O) groups is 4. The van der Waals surface area contributed by atoms with Crippen molar-refractivity contribution in [3.05, 3.63) is 35.9 Å². The molecule has 10 N–H and O–H groups in total. The topological polar surface area (TPSA) is 215 Å². The van der Waals surface area contributed by atoms with Gasteiger partial charge in [-0.15, -0.1) is 0 Å². The Morgan fingerprint density at radius 2 is 1.62 bits per heavy atom.